The number of carbonyl (C=O) groups is 2. The van der Waals surface area contributed by atoms with Crippen molar-refractivity contribution in [2.45, 2.75) is 39.2 Å². The van der Waals surface area contributed by atoms with E-state index in [4.69, 9.17) is 9.47 Å². The van der Waals surface area contributed by atoms with Gasteiger partial charge in [-0.2, -0.15) is 0 Å². The molecule has 0 saturated heterocycles. The van der Waals surface area contributed by atoms with Crippen LogP contribution in [0.2, 0.25) is 0 Å². The molecule has 2 amide bonds. The molecular weight excluding hydrogens is 378 g/mol. The van der Waals surface area contributed by atoms with E-state index < -0.39 is 0 Å². The monoisotopic (exact) mass is 403 g/mol. The van der Waals surface area contributed by atoms with Crippen LogP contribution in [-0.2, 0) is 17.7 Å². The Labute approximate surface area is 168 Å². The molecule has 28 heavy (non-hydrogen) atoms. The smallest absolute Gasteiger partial charge is 0.409 e. The summed E-state index contributed by atoms with van der Waals surface area (Å²) in [4.78, 5) is 31.4. The zero-order valence-corrected chi connectivity index (χ0v) is 17.0. The molecule has 0 aliphatic carbocycles. The number of carbonyl (C=O) groups excluding carboxylic acids is 2. The average Bonchev–Trinajstić information content (AvgIpc) is 3.12. The number of hydrogen-bond acceptors (Lipinski definition) is 6. The fraction of sp³-hybridized carbons (Fsp3) is 0.450. The van der Waals surface area contributed by atoms with Gasteiger partial charge < -0.3 is 14.4 Å². The van der Waals surface area contributed by atoms with Crippen molar-refractivity contribution >= 4 is 28.5 Å². The largest absolute Gasteiger partial charge is 0.494 e. The summed E-state index contributed by atoms with van der Waals surface area (Å²) in [5, 5.41) is 3.39. The van der Waals surface area contributed by atoms with E-state index in [1.165, 1.54) is 18.4 Å². The first kappa shape index (κ1) is 20.1. The van der Waals surface area contributed by atoms with Gasteiger partial charge in [0.15, 0.2) is 5.13 Å². The molecule has 0 fully saturated rings. The molecule has 1 N–H and O–H groups in total. The highest BCUT2D eigenvalue weighted by atomic mass is 32.1. The Morgan fingerprint density at radius 3 is 2.96 bits per heavy atom. The second-order valence-corrected chi connectivity index (χ2v) is 7.65. The van der Waals surface area contributed by atoms with Gasteiger partial charge in [0.25, 0.3) is 5.91 Å². The van der Waals surface area contributed by atoms with Gasteiger partial charge in [0, 0.05) is 23.4 Å². The maximum Gasteiger partial charge on any atom is 0.409 e. The Morgan fingerprint density at radius 2 is 2.18 bits per heavy atom. The molecule has 2 heterocycles. The second kappa shape index (κ2) is 9.54. The molecule has 0 atom stereocenters. The van der Waals surface area contributed by atoms with Gasteiger partial charge in [-0.05, 0) is 24.6 Å². The third-order valence-electron chi connectivity index (χ3n) is 4.50. The molecular formula is C20H25N3O4S. The van der Waals surface area contributed by atoms with E-state index in [0.717, 1.165) is 29.8 Å². The number of nitrogens with zero attached hydrogens (tertiary/aromatic N) is 2. The van der Waals surface area contributed by atoms with Crippen LogP contribution < -0.4 is 10.1 Å². The number of benzene rings is 1. The normalized spacial score (nSPS) is 13.0. The first-order chi connectivity index (χ1) is 13.6. The molecule has 1 aromatic heterocycles. The van der Waals surface area contributed by atoms with Crippen LogP contribution in [0.4, 0.5) is 9.93 Å². The molecule has 8 heteroatoms. The molecule has 0 bridgehead atoms. The fourth-order valence-electron chi connectivity index (χ4n) is 2.97. The van der Waals surface area contributed by atoms with Gasteiger partial charge in [0.1, 0.15) is 5.75 Å². The molecule has 0 unspecified atom stereocenters. The van der Waals surface area contributed by atoms with E-state index in [1.807, 2.05) is 12.1 Å². The fourth-order valence-corrected chi connectivity index (χ4v) is 3.99. The number of rotatable bonds is 7. The summed E-state index contributed by atoms with van der Waals surface area (Å²) >= 11 is 1.39. The van der Waals surface area contributed by atoms with Crippen molar-refractivity contribution in [3.63, 3.8) is 0 Å². The zero-order chi connectivity index (χ0) is 19.9. The highest BCUT2D eigenvalue weighted by Gasteiger charge is 2.25. The number of thiazole rings is 1. The van der Waals surface area contributed by atoms with Crippen molar-refractivity contribution in [2.75, 3.05) is 25.6 Å². The van der Waals surface area contributed by atoms with Gasteiger partial charge in [-0.25, -0.2) is 9.78 Å². The van der Waals surface area contributed by atoms with Gasteiger partial charge in [0.2, 0.25) is 0 Å². The Bertz CT molecular complexity index is 837. The molecule has 7 nitrogen and oxygen atoms in total. The van der Waals surface area contributed by atoms with Crippen molar-refractivity contribution in [1.29, 1.82) is 0 Å². The first-order valence-electron chi connectivity index (χ1n) is 9.46. The van der Waals surface area contributed by atoms with Crippen molar-refractivity contribution in [2.24, 2.45) is 0 Å². The van der Waals surface area contributed by atoms with Crippen LogP contribution in [0.25, 0.3) is 0 Å². The maximum absolute atomic E-state index is 12.6. The van der Waals surface area contributed by atoms with E-state index in [-0.39, 0.29) is 12.0 Å². The highest BCUT2D eigenvalue weighted by molar-refractivity contribution is 7.15. The number of unbranched alkanes of at least 4 members (excludes halogenated alkanes) is 2. The maximum atomic E-state index is 12.6. The lowest BCUT2D eigenvalue weighted by atomic mass is 10.2. The number of fused-ring (bicyclic) bond motifs is 1. The van der Waals surface area contributed by atoms with E-state index in [1.54, 1.807) is 17.0 Å². The molecule has 3 rings (SSSR count). The van der Waals surface area contributed by atoms with Crippen LogP contribution >= 0.6 is 11.3 Å². The van der Waals surface area contributed by atoms with E-state index in [0.29, 0.717) is 42.6 Å². The van der Waals surface area contributed by atoms with E-state index in [9.17, 15) is 9.59 Å². The summed E-state index contributed by atoms with van der Waals surface area (Å²) in [7, 11) is 1.37. The summed E-state index contributed by atoms with van der Waals surface area (Å²) < 4.78 is 10.5. The lowest BCUT2D eigenvalue weighted by molar-refractivity contribution is 0.102. The third kappa shape index (κ3) is 5.01. The predicted molar refractivity (Wildman–Crippen MR) is 108 cm³/mol. The molecule has 1 aromatic carbocycles. The highest BCUT2D eigenvalue weighted by Crippen LogP contribution is 2.29. The number of aromatic nitrogens is 1. The summed E-state index contributed by atoms with van der Waals surface area (Å²) in [6.07, 6.45) is 3.57. The first-order valence-corrected chi connectivity index (χ1v) is 10.3. The molecule has 0 saturated carbocycles. The molecule has 1 aliphatic rings. The molecule has 2 aromatic rings. The minimum Gasteiger partial charge on any atom is -0.494 e. The number of hydrogen-bond donors (Lipinski definition) is 1. The van der Waals surface area contributed by atoms with Crippen molar-refractivity contribution < 1.29 is 19.1 Å². The summed E-state index contributed by atoms with van der Waals surface area (Å²) in [5.74, 6) is 0.464. The minimum atomic E-state index is -0.347. The Balaban J connectivity index is 1.61. The number of amides is 2. The van der Waals surface area contributed by atoms with Crippen molar-refractivity contribution in [3.8, 4) is 5.75 Å². The Kier molecular flexibility index (Phi) is 6.86. The summed E-state index contributed by atoms with van der Waals surface area (Å²) in [5.41, 5.74) is 1.45. The minimum absolute atomic E-state index is 0.227. The van der Waals surface area contributed by atoms with E-state index in [2.05, 4.69) is 17.2 Å². The van der Waals surface area contributed by atoms with Gasteiger partial charge in [-0.1, -0.05) is 37.2 Å². The van der Waals surface area contributed by atoms with Crippen molar-refractivity contribution in [1.82, 2.24) is 9.88 Å². The number of anilines is 1. The lowest BCUT2D eigenvalue weighted by Crippen LogP contribution is -2.35. The van der Waals surface area contributed by atoms with Gasteiger partial charge in [-0.15, -0.1) is 0 Å². The van der Waals surface area contributed by atoms with Crippen LogP contribution in [0, 0.1) is 0 Å². The zero-order valence-electron chi connectivity index (χ0n) is 16.2. The third-order valence-corrected chi connectivity index (χ3v) is 5.50. The quantitative estimate of drug-likeness (QED) is 0.704. The van der Waals surface area contributed by atoms with Crippen LogP contribution in [0.15, 0.2) is 24.3 Å². The summed E-state index contributed by atoms with van der Waals surface area (Å²) in [6.45, 7) is 3.81. The van der Waals surface area contributed by atoms with Gasteiger partial charge in [-0.3, -0.25) is 10.1 Å². The van der Waals surface area contributed by atoms with Gasteiger partial charge in [0.05, 0.1) is 26.0 Å². The van der Waals surface area contributed by atoms with Crippen LogP contribution in [0.1, 0.15) is 47.1 Å². The number of nitrogens with one attached hydrogen (secondary N) is 1. The molecule has 1 aliphatic heterocycles. The number of ether oxygens (including phenoxy) is 2. The molecule has 0 spiro atoms. The van der Waals surface area contributed by atoms with Crippen molar-refractivity contribution in [3.05, 3.63) is 40.4 Å². The topological polar surface area (TPSA) is 80.8 Å². The SMILES string of the molecule is CCCCCOc1cccc(C(=O)Nc2nc3c(s2)CN(C(=O)OC)CC3)c1. The Hall–Kier alpha value is -2.61. The molecule has 0 radical (unpaired) electrons. The van der Waals surface area contributed by atoms with Crippen LogP contribution in [-0.4, -0.2) is 42.1 Å². The number of methoxy groups -OCH3 is 1. The molecule has 150 valence electrons. The average molecular weight is 404 g/mol. The second-order valence-electron chi connectivity index (χ2n) is 6.57. The van der Waals surface area contributed by atoms with Crippen LogP contribution in [0.5, 0.6) is 5.75 Å². The predicted octanol–water partition coefficient (Wildman–Crippen LogP) is 4.09. The standard InChI is InChI=1S/C20H25N3O4S/c1-3-4-5-11-27-15-8-6-7-14(12-15)18(24)22-19-21-16-9-10-23(20(25)26-2)13-17(16)28-19/h6-8,12H,3-5,9-11,13H2,1-2H3,(H,21,22,24). The lowest BCUT2D eigenvalue weighted by Gasteiger charge is -2.24. The van der Waals surface area contributed by atoms with E-state index >= 15 is 0 Å². The Morgan fingerprint density at radius 1 is 1.32 bits per heavy atom. The van der Waals surface area contributed by atoms with Crippen LogP contribution in [0.3, 0.4) is 0 Å². The van der Waals surface area contributed by atoms with Gasteiger partial charge >= 0.3 is 6.09 Å². The summed E-state index contributed by atoms with van der Waals surface area (Å²) in [6, 6.07) is 7.16.